The largest absolute Gasteiger partial charge is 0.492 e. The summed E-state index contributed by atoms with van der Waals surface area (Å²) in [5.41, 5.74) is 2.21. The van der Waals surface area contributed by atoms with E-state index in [0.29, 0.717) is 13.3 Å². The number of piperazine rings is 1. The Kier molecular flexibility index (Phi) is 5.73. The average Bonchev–Trinajstić information content (AvgIpc) is 3.10. The van der Waals surface area contributed by atoms with Gasteiger partial charge in [0.1, 0.15) is 12.1 Å². The monoisotopic (exact) mass is 395 g/mol. The highest BCUT2D eigenvalue weighted by Crippen LogP contribution is 2.28. The zero-order valence-electron chi connectivity index (χ0n) is 16.1. The molecule has 0 unspecified atom stereocenters. The molecule has 0 saturated carbocycles. The Bertz CT molecular complexity index is 960. The normalized spacial score (nSPS) is 15.0. The maximum atomic E-state index is 5.79. The van der Waals surface area contributed by atoms with Crippen molar-refractivity contribution in [1.29, 1.82) is 0 Å². The number of hydrogen-bond donors (Lipinski definition) is 0. The smallest absolute Gasteiger partial charge is 0.203 e. The molecule has 1 aliphatic rings. The summed E-state index contributed by atoms with van der Waals surface area (Å²) in [4.78, 5) is 4.78. The van der Waals surface area contributed by atoms with E-state index in [0.717, 1.165) is 42.4 Å². The van der Waals surface area contributed by atoms with Gasteiger partial charge in [0.05, 0.1) is 19.0 Å². The predicted octanol–water partition coefficient (Wildman–Crippen LogP) is 3.58. The van der Waals surface area contributed by atoms with Crippen LogP contribution in [0.4, 0.5) is 5.69 Å². The third-order valence-corrected chi connectivity index (χ3v) is 5.39. The van der Waals surface area contributed by atoms with Crippen molar-refractivity contribution in [3.63, 3.8) is 0 Å². The van der Waals surface area contributed by atoms with Crippen molar-refractivity contribution in [2.75, 3.05) is 37.7 Å². The molecule has 1 aromatic heterocycles. The minimum Gasteiger partial charge on any atom is -0.492 e. The van der Waals surface area contributed by atoms with Crippen LogP contribution in [0.1, 0.15) is 6.92 Å². The lowest BCUT2D eigenvalue weighted by atomic mass is 10.2. The maximum Gasteiger partial charge on any atom is 0.203 e. The minimum atomic E-state index is 0.680. The Hall–Kier alpha value is -2.64. The Balaban J connectivity index is 1.41. The minimum absolute atomic E-state index is 0.680. The van der Waals surface area contributed by atoms with Gasteiger partial charge in [0, 0.05) is 31.9 Å². The number of rotatable bonds is 6. The maximum absolute atomic E-state index is 5.79. The van der Waals surface area contributed by atoms with Gasteiger partial charge in [-0.05, 0) is 43.4 Å². The van der Waals surface area contributed by atoms with Gasteiger partial charge >= 0.3 is 0 Å². The Morgan fingerprint density at radius 1 is 0.964 bits per heavy atom. The van der Waals surface area contributed by atoms with Gasteiger partial charge in [-0.1, -0.05) is 30.3 Å². The van der Waals surface area contributed by atoms with Crippen molar-refractivity contribution in [1.82, 2.24) is 19.2 Å². The number of aromatic nitrogens is 3. The first kappa shape index (κ1) is 18.7. The number of anilines is 1. The second-order valence-electron chi connectivity index (χ2n) is 6.77. The molecule has 146 valence electrons. The summed E-state index contributed by atoms with van der Waals surface area (Å²) in [7, 11) is 0. The second-order valence-corrected chi connectivity index (χ2v) is 7.13. The third-order valence-electron chi connectivity index (χ3n) is 4.98. The predicted molar refractivity (Wildman–Crippen MR) is 114 cm³/mol. The van der Waals surface area contributed by atoms with E-state index in [4.69, 9.17) is 17.0 Å². The lowest BCUT2D eigenvalue weighted by molar-refractivity contribution is 0.194. The van der Waals surface area contributed by atoms with Gasteiger partial charge in [-0.3, -0.25) is 9.47 Å². The van der Waals surface area contributed by atoms with E-state index >= 15 is 0 Å². The van der Waals surface area contributed by atoms with Crippen molar-refractivity contribution in [3.8, 4) is 11.4 Å². The fraction of sp³-hybridized carbons (Fsp3) is 0.333. The average molecular weight is 396 g/mol. The molecule has 0 amide bonds. The Labute approximate surface area is 170 Å². The fourth-order valence-corrected chi connectivity index (χ4v) is 3.77. The summed E-state index contributed by atoms with van der Waals surface area (Å²) in [5.74, 6) is 0.960. The number of hydrogen-bond acceptors (Lipinski definition) is 5. The number of benzene rings is 2. The quantitative estimate of drug-likeness (QED) is 0.597. The number of nitrogens with zero attached hydrogens (tertiary/aromatic N) is 5. The molecule has 4 rings (SSSR count). The molecule has 0 aliphatic carbocycles. The van der Waals surface area contributed by atoms with Crippen molar-refractivity contribution >= 4 is 17.9 Å². The molecular formula is C21H25N5OS. The molecule has 3 aromatic rings. The highest BCUT2D eigenvalue weighted by Gasteiger charge is 2.20. The van der Waals surface area contributed by atoms with Crippen LogP contribution in [-0.2, 0) is 6.67 Å². The highest BCUT2D eigenvalue weighted by molar-refractivity contribution is 7.71. The van der Waals surface area contributed by atoms with Gasteiger partial charge < -0.3 is 9.64 Å². The van der Waals surface area contributed by atoms with E-state index in [2.05, 4.69) is 27.0 Å². The first-order valence-corrected chi connectivity index (χ1v) is 10.1. The summed E-state index contributed by atoms with van der Waals surface area (Å²) in [6.07, 6.45) is 1.80. The summed E-state index contributed by atoms with van der Waals surface area (Å²) < 4.78 is 10.3. The molecule has 1 fully saturated rings. The molecule has 0 radical (unpaired) electrons. The first-order valence-electron chi connectivity index (χ1n) is 9.65. The number of para-hydroxylation sites is 3. The molecular weight excluding hydrogens is 370 g/mol. The summed E-state index contributed by atoms with van der Waals surface area (Å²) >= 11 is 5.63. The van der Waals surface area contributed by atoms with Crippen LogP contribution in [0.2, 0.25) is 0 Å². The summed E-state index contributed by atoms with van der Waals surface area (Å²) in [5, 5.41) is 4.50. The van der Waals surface area contributed by atoms with Gasteiger partial charge in [0.15, 0.2) is 0 Å². The van der Waals surface area contributed by atoms with Crippen LogP contribution < -0.4 is 9.64 Å². The van der Waals surface area contributed by atoms with E-state index in [-0.39, 0.29) is 0 Å². The number of ether oxygens (including phenoxy) is 1. The summed E-state index contributed by atoms with van der Waals surface area (Å²) in [6.45, 7) is 7.24. The molecule has 0 N–H and O–H groups in total. The molecule has 1 saturated heterocycles. The van der Waals surface area contributed by atoms with Crippen molar-refractivity contribution in [2.24, 2.45) is 0 Å². The first-order chi connectivity index (χ1) is 13.8. The molecule has 6 nitrogen and oxygen atoms in total. The van der Waals surface area contributed by atoms with E-state index in [1.807, 2.05) is 58.6 Å². The fourth-order valence-electron chi connectivity index (χ4n) is 3.52. The van der Waals surface area contributed by atoms with Crippen LogP contribution >= 0.6 is 12.2 Å². The Morgan fingerprint density at radius 2 is 1.68 bits per heavy atom. The van der Waals surface area contributed by atoms with E-state index in [1.165, 1.54) is 5.69 Å². The van der Waals surface area contributed by atoms with Gasteiger partial charge in [-0.2, -0.15) is 5.10 Å². The Morgan fingerprint density at radius 3 is 2.43 bits per heavy atom. The van der Waals surface area contributed by atoms with Crippen LogP contribution in [0, 0.1) is 4.77 Å². The molecule has 0 atom stereocenters. The molecule has 2 heterocycles. The molecule has 2 aromatic carbocycles. The molecule has 1 aliphatic heterocycles. The molecule has 0 spiro atoms. The van der Waals surface area contributed by atoms with Gasteiger partial charge in [-0.15, -0.1) is 0 Å². The van der Waals surface area contributed by atoms with E-state index in [1.54, 1.807) is 6.33 Å². The second kappa shape index (κ2) is 8.58. The lowest BCUT2D eigenvalue weighted by Crippen LogP contribution is -2.47. The van der Waals surface area contributed by atoms with Crippen LogP contribution in [0.15, 0.2) is 60.9 Å². The SMILES string of the molecule is CCOc1ccccc1N1CCN(Cn2ncn(-c3ccccc3)c2=S)CC1. The zero-order valence-corrected chi connectivity index (χ0v) is 16.9. The van der Waals surface area contributed by atoms with Gasteiger partial charge in [0.25, 0.3) is 0 Å². The highest BCUT2D eigenvalue weighted by atomic mass is 32.1. The van der Waals surface area contributed by atoms with Crippen LogP contribution in [-0.4, -0.2) is 52.0 Å². The molecule has 28 heavy (non-hydrogen) atoms. The van der Waals surface area contributed by atoms with Crippen molar-refractivity contribution in [2.45, 2.75) is 13.6 Å². The summed E-state index contributed by atoms with van der Waals surface area (Å²) in [6, 6.07) is 18.4. The van der Waals surface area contributed by atoms with E-state index < -0.39 is 0 Å². The zero-order chi connectivity index (χ0) is 19.3. The standard InChI is InChI=1S/C21H25N5OS/c1-2-27-20-11-7-6-10-19(20)24-14-12-23(13-15-24)17-26-21(28)25(16-22-26)18-8-4-3-5-9-18/h3-11,16H,2,12-15,17H2,1H3. The van der Waals surface area contributed by atoms with Crippen LogP contribution in [0.3, 0.4) is 0 Å². The van der Waals surface area contributed by atoms with Crippen molar-refractivity contribution < 1.29 is 4.74 Å². The molecule has 7 heteroatoms. The topological polar surface area (TPSA) is 38.5 Å². The van der Waals surface area contributed by atoms with E-state index in [9.17, 15) is 0 Å². The van der Waals surface area contributed by atoms with Gasteiger partial charge in [0.2, 0.25) is 4.77 Å². The lowest BCUT2D eigenvalue weighted by Gasteiger charge is -2.36. The van der Waals surface area contributed by atoms with Gasteiger partial charge in [-0.25, -0.2) is 4.68 Å². The van der Waals surface area contributed by atoms with Crippen LogP contribution in [0.25, 0.3) is 5.69 Å². The van der Waals surface area contributed by atoms with Crippen molar-refractivity contribution in [3.05, 3.63) is 65.7 Å². The third kappa shape index (κ3) is 3.95. The van der Waals surface area contributed by atoms with Crippen LogP contribution in [0.5, 0.6) is 5.75 Å². The molecule has 0 bridgehead atoms.